The minimum absolute atomic E-state index is 0.0155. The molecule has 0 saturated carbocycles. The number of benzene rings is 2. The summed E-state index contributed by atoms with van der Waals surface area (Å²) >= 11 is 0. The van der Waals surface area contributed by atoms with E-state index in [1.807, 2.05) is 49.4 Å². The predicted octanol–water partition coefficient (Wildman–Crippen LogP) is 3.63. The molecule has 4 rings (SSSR count). The average molecular weight is 512 g/mol. The van der Waals surface area contributed by atoms with Gasteiger partial charge in [-0.3, -0.25) is 4.79 Å². The Morgan fingerprint density at radius 3 is 2.58 bits per heavy atom. The lowest BCUT2D eigenvalue weighted by atomic mass is 10.1. The second-order valence-electron chi connectivity index (χ2n) is 9.11. The maximum atomic E-state index is 13.5. The molecule has 36 heavy (non-hydrogen) atoms. The molecule has 0 spiro atoms. The first-order chi connectivity index (χ1) is 17.4. The van der Waals surface area contributed by atoms with Gasteiger partial charge in [-0.2, -0.15) is 0 Å². The van der Waals surface area contributed by atoms with Gasteiger partial charge in [0, 0.05) is 32.4 Å². The van der Waals surface area contributed by atoms with Crippen LogP contribution in [-0.2, 0) is 38.2 Å². The largest absolute Gasteiger partial charge is 0.383 e. The number of carbonyl (C=O) groups is 1. The molecule has 1 saturated heterocycles. The Hall–Kier alpha value is -3.01. The smallest absolute Gasteiger partial charge is 0.254 e. The van der Waals surface area contributed by atoms with Crippen LogP contribution in [0.2, 0.25) is 0 Å². The number of nitrogens with zero attached hydrogens (tertiary/aromatic N) is 3. The first kappa shape index (κ1) is 26.1. The highest BCUT2D eigenvalue weighted by Gasteiger charge is 2.28. The van der Waals surface area contributed by atoms with Gasteiger partial charge in [-0.15, -0.1) is 0 Å². The van der Waals surface area contributed by atoms with Crippen molar-refractivity contribution in [3.8, 4) is 0 Å². The van der Waals surface area contributed by atoms with Crippen molar-refractivity contribution < 1.29 is 22.7 Å². The van der Waals surface area contributed by atoms with E-state index in [0.29, 0.717) is 43.1 Å². The van der Waals surface area contributed by atoms with Crippen LogP contribution in [0.25, 0.3) is 0 Å². The minimum Gasteiger partial charge on any atom is -0.383 e. The fourth-order valence-corrected chi connectivity index (χ4v) is 5.89. The van der Waals surface area contributed by atoms with Gasteiger partial charge < -0.3 is 18.9 Å². The minimum atomic E-state index is -3.72. The van der Waals surface area contributed by atoms with Crippen molar-refractivity contribution in [1.29, 1.82) is 0 Å². The number of hydrogen-bond donors (Lipinski definition) is 0. The summed E-state index contributed by atoms with van der Waals surface area (Å²) in [4.78, 5) is 19.6. The zero-order valence-corrected chi connectivity index (χ0v) is 21.6. The maximum absolute atomic E-state index is 13.5. The average Bonchev–Trinajstić information content (AvgIpc) is 3.53. The lowest BCUT2D eigenvalue weighted by molar-refractivity contribution is 0.0500. The van der Waals surface area contributed by atoms with Crippen LogP contribution in [0.5, 0.6) is 0 Å². The molecule has 1 aliphatic rings. The van der Waals surface area contributed by atoms with Crippen molar-refractivity contribution in [2.45, 2.75) is 49.9 Å². The Labute approximate surface area is 212 Å². The Morgan fingerprint density at radius 1 is 1.17 bits per heavy atom. The molecule has 0 N–H and O–H groups in total. The Bertz CT molecular complexity index is 1250. The van der Waals surface area contributed by atoms with Gasteiger partial charge in [0.25, 0.3) is 5.91 Å². The van der Waals surface area contributed by atoms with Crippen LogP contribution >= 0.6 is 0 Å². The number of aromatic nitrogens is 2. The SMILES string of the molecule is COCCn1c(CN(C[C@H]2CCCO2)C(=O)c2ccc(C)cc2)cnc1S(=O)(=O)Cc1ccccc1. The molecule has 1 fully saturated rings. The Balaban J connectivity index is 1.64. The van der Waals surface area contributed by atoms with Crippen LogP contribution in [0.1, 0.15) is 40.0 Å². The molecule has 8 nitrogen and oxygen atoms in total. The number of ether oxygens (including phenoxy) is 2. The van der Waals surface area contributed by atoms with E-state index >= 15 is 0 Å². The van der Waals surface area contributed by atoms with Crippen LogP contribution in [0.3, 0.4) is 0 Å². The lowest BCUT2D eigenvalue weighted by Crippen LogP contribution is -2.37. The second kappa shape index (κ2) is 11.8. The van der Waals surface area contributed by atoms with Crippen molar-refractivity contribution >= 4 is 15.7 Å². The summed E-state index contributed by atoms with van der Waals surface area (Å²) in [6.45, 7) is 3.92. The Kier molecular flexibility index (Phi) is 8.56. The zero-order chi connectivity index (χ0) is 25.5. The third kappa shape index (κ3) is 6.40. The van der Waals surface area contributed by atoms with Crippen molar-refractivity contribution in [3.05, 3.63) is 83.2 Å². The quantitative estimate of drug-likeness (QED) is 0.391. The number of sulfone groups is 1. The summed E-state index contributed by atoms with van der Waals surface area (Å²) in [5.41, 5.74) is 2.98. The molecule has 1 aromatic heterocycles. The highest BCUT2D eigenvalue weighted by atomic mass is 32.2. The summed E-state index contributed by atoms with van der Waals surface area (Å²) in [5.74, 6) is -0.280. The first-order valence-corrected chi connectivity index (χ1v) is 13.8. The van der Waals surface area contributed by atoms with Crippen molar-refractivity contribution in [3.63, 3.8) is 0 Å². The van der Waals surface area contributed by atoms with Crippen molar-refractivity contribution in [1.82, 2.24) is 14.5 Å². The summed E-state index contributed by atoms with van der Waals surface area (Å²) < 4.78 is 39.4. The molecule has 0 radical (unpaired) electrons. The number of rotatable bonds is 11. The van der Waals surface area contributed by atoms with Crippen LogP contribution in [0.15, 0.2) is 66.0 Å². The van der Waals surface area contributed by atoms with Gasteiger partial charge in [0.1, 0.15) is 0 Å². The standard InChI is InChI=1S/C27H33N3O5S/c1-21-10-12-23(13-11-21)26(31)29(19-25-9-6-15-35-25)18-24-17-28-27(30(24)14-16-34-2)36(32,33)20-22-7-4-3-5-8-22/h3-5,7-8,10-13,17,25H,6,9,14-16,18-20H2,1-2H3/t25-/m1/s1. The molecule has 1 aliphatic heterocycles. The normalized spacial score (nSPS) is 15.8. The maximum Gasteiger partial charge on any atom is 0.254 e. The van der Waals surface area contributed by atoms with Gasteiger partial charge in [0.2, 0.25) is 15.0 Å². The number of aryl methyl sites for hydroxylation is 1. The first-order valence-electron chi connectivity index (χ1n) is 12.1. The fourth-order valence-electron chi connectivity index (χ4n) is 4.37. The number of hydrogen-bond acceptors (Lipinski definition) is 6. The van der Waals surface area contributed by atoms with Crippen LogP contribution in [-0.4, -0.2) is 61.7 Å². The molecule has 0 unspecified atom stereocenters. The number of imidazole rings is 1. The Morgan fingerprint density at radius 2 is 1.92 bits per heavy atom. The summed E-state index contributed by atoms with van der Waals surface area (Å²) in [6.07, 6.45) is 3.36. The highest BCUT2D eigenvalue weighted by Crippen LogP contribution is 2.21. The molecule has 2 aromatic carbocycles. The number of amides is 1. The fraction of sp³-hybridized carbons (Fsp3) is 0.407. The van der Waals surface area contributed by atoms with Gasteiger partial charge in [-0.25, -0.2) is 13.4 Å². The molecule has 9 heteroatoms. The van der Waals surface area contributed by atoms with E-state index in [9.17, 15) is 13.2 Å². The second-order valence-corrected chi connectivity index (χ2v) is 11.0. The lowest BCUT2D eigenvalue weighted by Gasteiger charge is -2.26. The molecule has 1 atom stereocenters. The van der Waals surface area contributed by atoms with E-state index in [-0.39, 0.29) is 29.5 Å². The monoisotopic (exact) mass is 511 g/mol. The van der Waals surface area contributed by atoms with E-state index in [2.05, 4.69) is 4.98 Å². The topological polar surface area (TPSA) is 90.7 Å². The van der Waals surface area contributed by atoms with Gasteiger partial charge in [0.15, 0.2) is 0 Å². The van der Waals surface area contributed by atoms with Crippen LogP contribution in [0.4, 0.5) is 0 Å². The summed E-state index contributed by atoms with van der Waals surface area (Å²) in [7, 11) is -2.15. The predicted molar refractivity (Wildman–Crippen MR) is 136 cm³/mol. The van der Waals surface area contributed by atoms with Gasteiger partial charge in [-0.05, 0) is 37.5 Å². The summed E-state index contributed by atoms with van der Waals surface area (Å²) in [6, 6.07) is 16.5. The van der Waals surface area contributed by atoms with E-state index in [4.69, 9.17) is 9.47 Å². The van der Waals surface area contributed by atoms with Crippen LogP contribution in [0, 0.1) is 6.92 Å². The molecule has 3 aromatic rings. The van der Waals surface area contributed by atoms with Crippen molar-refractivity contribution in [2.75, 3.05) is 26.9 Å². The molecule has 1 amide bonds. The summed E-state index contributed by atoms with van der Waals surface area (Å²) in [5, 5.41) is -0.0155. The molecule has 192 valence electrons. The molecular formula is C27H33N3O5S. The van der Waals surface area contributed by atoms with E-state index in [1.54, 1.807) is 34.9 Å². The third-order valence-corrected chi connectivity index (χ3v) is 7.88. The van der Waals surface area contributed by atoms with E-state index in [1.165, 1.54) is 0 Å². The van der Waals surface area contributed by atoms with Crippen molar-refractivity contribution in [2.24, 2.45) is 0 Å². The van der Waals surface area contributed by atoms with Gasteiger partial charge >= 0.3 is 0 Å². The molecule has 2 heterocycles. The van der Waals surface area contributed by atoms with E-state index < -0.39 is 9.84 Å². The number of methoxy groups -OCH3 is 1. The third-order valence-electron chi connectivity index (χ3n) is 6.28. The zero-order valence-electron chi connectivity index (χ0n) is 20.8. The van der Waals surface area contributed by atoms with Gasteiger partial charge in [-0.1, -0.05) is 48.0 Å². The van der Waals surface area contributed by atoms with E-state index in [0.717, 1.165) is 18.4 Å². The molecule has 0 aliphatic carbocycles. The molecule has 0 bridgehead atoms. The number of carbonyl (C=O) groups excluding carboxylic acids is 1. The molecular weight excluding hydrogens is 478 g/mol. The van der Waals surface area contributed by atoms with Crippen LogP contribution < -0.4 is 0 Å². The van der Waals surface area contributed by atoms with Gasteiger partial charge in [0.05, 0.1) is 36.9 Å². The highest BCUT2D eigenvalue weighted by molar-refractivity contribution is 7.90.